The molecule has 4 nitrogen and oxygen atoms in total. The minimum Gasteiger partial charge on any atom is -0.489 e. The molecular formula is C28H33ClF3NO3. The minimum absolute atomic E-state index is 0.0957. The highest BCUT2D eigenvalue weighted by Crippen LogP contribution is 2.41. The first-order valence-corrected chi connectivity index (χ1v) is 13.5. The van der Waals surface area contributed by atoms with E-state index in [9.17, 15) is 23.1 Å². The van der Waals surface area contributed by atoms with Gasteiger partial charge in [0.15, 0.2) is 0 Å². The highest BCUT2D eigenvalue weighted by atomic mass is 35.5. The van der Waals surface area contributed by atoms with Crippen LogP contribution in [0, 0.1) is 11.8 Å². The number of ether oxygens (including phenoxy) is 1. The summed E-state index contributed by atoms with van der Waals surface area (Å²) >= 11 is 6.66. The van der Waals surface area contributed by atoms with E-state index >= 15 is 0 Å². The van der Waals surface area contributed by atoms with Crippen LogP contribution >= 0.6 is 11.6 Å². The molecule has 196 valence electrons. The molecule has 8 heteroatoms. The van der Waals surface area contributed by atoms with Gasteiger partial charge in [0.05, 0.1) is 23.0 Å². The summed E-state index contributed by atoms with van der Waals surface area (Å²) in [4.78, 5) is 14.1. The van der Waals surface area contributed by atoms with E-state index in [1.54, 1.807) is 0 Å². The topological polar surface area (TPSA) is 49.8 Å². The molecule has 36 heavy (non-hydrogen) atoms. The predicted octanol–water partition coefficient (Wildman–Crippen LogP) is 7.25. The third-order valence-electron chi connectivity index (χ3n) is 8.55. The Balaban J connectivity index is 1.22. The van der Waals surface area contributed by atoms with Crippen molar-refractivity contribution in [1.82, 2.24) is 4.90 Å². The predicted molar refractivity (Wildman–Crippen MR) is 134 cm³/mol. The number of fused-ring (bicyclic) bond motifs is 3. The number of halogens is 4. The van der Waals surface area contributed by atoms with Crippen molar-refractivity contribution in [2.75, 3.05) is 6.54 Å². The Morgan fingerprint density at radius 3 is 2.36 bits per heavy atom. The summed E-state index contributed by atoms with van der Waals surface area (Å²) < 4.78 is 44.9. The Labute approximate surface area is 214 Å². The molecule has 3 atom stereocenters. The molecule has 2 aliphatic heterocycles. The molecule has 0 radical (unpaired) electrons. The standard InChI is InChI=1S/C28H33ClF3NO3/c29-26-24-10-4-17(12-13-33-21-2-1-3-22(33)16-19(15-21)27(34)35)14-18(24)5-11-25(26)36-23-8-6-20(7-9-23)28(30,31)32/h4-5,10-11,14,19-23H,1-3,6-9,12-13,15-16H2,(H,34,35)/t19?,20-,21-,22?,23+/m1/s1. The van der Waals surface area contributed by atoms with Crippen LogP contribution in [0.25, 0.3) is 10.8 Å². The van der Waals surface area contributed by atoms with Gasteiger partial charge in [0, 0.05) is 24.0 Å². The van der Waals surface area contributed by atoms with Crippen LogP contribution in [-0.4, -0.2) is 46.9 Å². The fraction of sp³-hybridized carbons (Fsp3) is 0.607. The third-order valence-corrected chi connectivity index (χ3v) is 8.94. The first-order valence-electron chi connectivity index (χ1n) is 13.1. The van der Waals surface area contributed by atoms with E-state index in [1.807, 2.05) is 18.2 Å². The number of alkyl halides is 3. The summed E-state index contributed by atoms with van der Waals surface area (Å²) in [5, 5.41) is 11.9. The van der Waals surface area contributed by atoms with Crippen molar-refractivity contribution in [3.8, 4) is 5.75 Å². The van der Waals surface area contributed by atoms with E-state index < -0.39 is 18.1 Å². The number of aliphatic carboxylic acids is 1. The fourth-order valence-corrected chi connectivity index (χ4v) is 6.84. The number of carbonyl (C=O) groups is 1. The Kier molecular flexibility index (Phi) is 7.42. The average Bonchev–Trinajstić information content (AvgIpc) is 2.83. The first-order chi connectivity index (χ1) is 17.2. The van der Waals surface area contributed by atoms with Crippen molar-refractivity contribution < 1.29 is 27.8 Å². The second-order valence-corrected chi connectivity index (χ2v) is 11.2. The average molecular weight is 524 g/mol. The van der Waals surface area contributed by atoms with Crippen molar-refractivity contribution >= 4 is 28.3 Å². The van der Waals surface area contributed by atoms with E-state index in [1.165, 1.54) is 12.0 Å². The molecule has 1 aliphatic carbocycles. The number of hydrogen-bond acceptors (Lipinski definition) is 3. The molecule has 3 fully saturated rings. The fourth-order valence-electron chi connectivity index (χ4n) is 6.56. The quantitative estimate of drug-likeness (QED) is 0.433. The molecule has 3 aliphatic rings. The molecule has 2 aromatic rings. The number of carboxylic acid groups (broad SMARTS) is 1. The number of piperidine rings is 2. The number of nitrogens with zero attached hydrogens (tertiary/aromatic N) is 1. The zero-order valence-electron chi connectivity index (χ0n) is 20.3. The Bertz CT molecular complexity index is 1090. The number of rotatable bonds is 6. The summed E-state index contributed by atoms with van der Waals surface area (Å²) in [6.45, 7) is 0.919. The van der Waals surface area contributed by atoms with E-state index in [2.05, 4.69) is 17.0 Å². The lowest BCUT2D eigenvalue weighted by molar-refractivity contribution is -0.185. The molecule has 0 aromatic heterocycles. The maximum Gasteiger partial charge on any atom is 0.391 e. The zero-order valence-corrected chi connectivity index (χ0v) is 21.0. The molecule has 2 bridgehead atoms. The lowest BCUT2D eigenvalue weighted by atomic mass is 9.78. The van der Waals surface area contributed by atoms with Crippen LogP contribution in [0.2, 0.25) is 5.02 Å². The maximum atomic E-state index is 12.9. The van der Waals surface area contributed by atoms with Gasteiger partial charge in [0.2, 0.25) is 0 Å². The van der Waals surface area contributed by atoms with Crippen molar-refractivity contribution in [2.45, 2.75) is 88.6 Å². The Hall–Kier alpha value is -1.99. The summed E-state index contributed by atoms with van der Waals surface area (Å²) in [6, 6.07) is 10.7. The van der Waals surface area contributed by atoms with Gasteiger partial charge in [0.1, 0.15) is 5.75 Å². The molecule has 5 rings (SSSR count). The van der Waals surface area contributed by atoms with Crippen molar-refractivity contribution in [2.24, 2.45) is 11.8 Å². The van der Waals surface area contributed by atoms with E-state index in [-0.39, 0.29) is 24.9 Å². The van der Waals surface area contributed by atoms with Gasteiger partial charge >= 0.3 is 12.1 Å². The molecule has 2 unspecified atom stereocenters. The minimum atomic E-state index is -4.13. The number of benzene rings is 2. The van der Waals surface area contributed by atoms with Crippen LogP contribution in [-0.2, 0) is 11.2 Å². The Morgan fingerprint density at radius 2 is 1.72 bits per heavy atom. The molecule has 2 aromatic carbocycles. The molecule has 0 amide bonds. The van der Waals surface area contributed by atoms with Gasteiger partial charge in [-0.15, -0.1) is 0 Å². The molecule has 1 saturated carbocycles. The second kappa shape index (κ2) is 10.4. The van der Waals surface area contributed by atoms with Gasteiger partial charge in [-0.25, -0.2) is 0 Å². The summed E-state index contributed by atoms with van der Waals surface area (Å²) in [7, 11) is 0. The van der Waals surface area contributed by atoms with Gasteiger partial charge in [-0.2, -0.15) is 13.2 Å². The smallest absolute Gasteiger partial charge is 0.391 e. The van der Waals surface area contributed by atoms with Crippen LogP contribution < -0.4 is 4.74 Å². The highest BCUT2D eigenvalue weighted by Gasteiger charge is 2.42. The van der Waals surface area contributed by atoms with Crippen LogP contribution in [0.4, 0.5) is 13.2 Å². The Morgan fingerprint density at radius 1 is 1.03 bits per heavy atom. The highest BCUT2D eigenvalue weighted by molar-refractivity contribution is 6.37. The van der Waals surface area contributed by atoms with Crippen LogP contribution in [0.1, 0.15) is 63.4 Å². The SMILES string of the molecule is O=C(O)C1CC2CCC[C@H](C1)N2CCc1ccc2c(Cl)c(O[C@H]3CC[C@@H](C(F)(F)F)CC3)ccc2c1. The number of hydrogen-bond donors (Lipinski definition) is 1. The van der Waals surface area contributed by atoms with E-state index in [0.29, 0.717) is 35.7 Å². The van der Waals surface area contributed by atoms with Crippen molar-refractivity contribution in [1.29, 1.82) is 0 Å². The molecule has 0 spiro atoms. The van der Waals surface area contributed by atoms with Crippen LogP contribution in [0.3, 0.4) is 0 Å². The summed E-state index contributed by atoms with van der Waals surface area (Å²) in [5.74, 6) is -1.57. The van der Waals surface area contributed by atoms with Gasteiger partial charge in [-0.3, -0.25) is 9.69 Å². The normalized spacial score (nSPS) is 29.3. The van der Waals surface area contributed by atoms with E-state index in [0.717, 1.165) is 49.4 Å². The third kappa shape index (κ3) is 5.47. The molecular weight excluding hydrogens is 491 g/mol. The monoisotopic (exact) mass is 523 g/mol. The second-order valence-electron chi connectivity index (χ2n) is 10.8. The van der Waals surface area contributed by atoms with Gasteiger partial charge in [0.25, 0.3) is 0 Å². The zero-order chi connectivity index (χ0) is 25.4. The molecule has 1 N–H and O–H groups in total. The van der Waals surface area contributed by atoms with Gasteiger partial charge in [-0.05, 0) is 74.8 Å². The molecule has 2 heterocycles. The maximum absolute atomic E-state index is 12.9. The lowest BCUT2D eigenvalue weighted by Crippen LogP contribution is -2.53. The molecule has 2 saturated heterocycles. The van der Waals surface area contributed by atoms with Crippen LogP contribution in [0.15, 0.2) is 30.3 Å². The van der Waals surface area contributed by atoms with Crippen molar-refractivity contribution in [3.05, 3.63) is 40.9 Å². The van der Waals surface area contributed by atoms with Crippen molar-refractivity contribution in [3.63, 3.8) is 0 Å². The van der Waals surface area contributed by atoms with Gasteiger partial charge in [-0.1, -0.05) is 42.3 Å². The summed E-state index contributed by atoms with van der Waals surface area (Å²) in [6.07, 6.45) is 2.30. The lowest BCUT2D eigenvalue weighted by Gasteiger charge is -2.48. The van der Waals surface area contributed by atoms with Crippen LogP contribution in [0.5, 0.6) is 5.75 Å². The largest absolute Gasteiger partial charge is 0.489 e. The van der Waals surface area contributed by atoms with Gasteiger partial charge < -0.3 is 9.84 Å². The van der Waals surface area contributed by atoms with E-state index in [4.69, 9.17) is 16.3 Å². The number of carboxylic acids is 1. The summed E-state index contributed by atoms with van der Waals surface area (Å²) in [5.41, 5.74) is 1.20. The first kappa shape index (κ1) is 25.7.